The van der Waals surface area contributed by atoms with Crippen LogP contribution in [0.25, 0.3) is 0 Å². The highest BCUT2D eigenvalue weighted by molar-refractivity contribution is 9.10. The summed E-state index contributed by atoms with van der Waals surface area (Å²) in [6, 6.07) is 6.95. The molecule has 7 nitrogen and oxygen atoms in total. The first-order valence-corrected chi connectivity index (χ1v) is 8.40. The number of halogens is 1. The first-order valence-electron chi connectivity index (χ1n) is 6.73. The summed E-state index contributed by atoms with van der Waals surface area (Å²) in [6.45, 7) is 0. The van der Waals surface area contributed by atoms with E-state index >= 15 is 0 Å². The lowest BCUT2D eigenvalue weighted by molar-refractivity contribution is 0.102. The van der Waals surface area contributed by atoms with E-state index in [0.29, 0.717) is 15.2 Å². The molecule has 0 saturated carbocycles. The van der Waals surface area contributed by atoms with E-state index in [0.717, 1.165) is 0 Å². The molecule has 0 aliphatic heterocycles. The number of hydrogen-bond acceptors (Lipinski definition) is 6. The second-order valence-corrected chi connectivity index (χ2v) is 6.23. The van der Waals surface area contributed by atoms with Crippen molar-refractivity contribution in [3.05, 3.63) is 64.0 Å². The molecule has 0 spiro atoms. The zero-order valence-electron chi connectivity index (χ0n) is 12.1. The van der Waals surface area contributed by atoms with Gasteiger partial charge in [-0.1, -0.05) is 12.1 Å². The highest BCUT2D eigenvalue weighted by Gasteiger charge is 2.18. The highest BCUT2D eigenvalue weighted by atomic mass is 79.9. The van der Waals surface area contributed by atoms with Gasteiger partial charge >= 0.3 is 0 Å². The van der Waals surface area contributed by atoms with Crippen molar-refractivity contribution < 1.29 is 9.59 Å². The summed E-state index contributed by atoms with van der Waals surface area (Å²) >= 11 is 4.59. The molecule has 0 aliphatic carbocycles. The van der Waals surface area contributed by atoms with Gasteiger partial charge in [-0.15, -0.1) is 11.3 Å². The van der Waals surface area contributed by atoms with Crippen LogP contribution in [0.4, 0.5) is 10.9 Å². The Kier molecular flexibility index (Phi) is 4.92. The molecule has 3 rings (SSSR count). The Morgan fingerprint density at radius 2 is 1.75 bits per heavy atom. The van der Waals surface area contributed by atoms with Crippen molar-refractivity contribution in [1.29, 1.82) is 0 Å². The van der Waals surface area contributed by atoms with Gasteiger partial charge in [0.1, 0.15) is 0 Å². The van der Waals surface area contributed by atoms with E-state index < -0.39 is 11.8 Å². The Bertz CT molecular complexity index is 885. The fourth-order valence-corrected chi connectivity index (χ4v) is 2.85. The number of carbonyl (C=O) groups excluding carboxylic acids is 2. The Morgan fingerprint density at radius 1 is 0.958 bits per heavy atom. The molecule has 9 heteroatoms. The molecule has 2 heterocycles. The summed E-state index contributed by atoms with van der Waals surface area (Å²) in [5.41, 5.74) is 0.433. The van der Waals surface area contributed by atoms with Crippen LogP contribution in [-0.4, -0.2) is 26.8 Å². The van der Waals surface area contributed by atoms with Crippen molar-refractivity contribution >= 4 is 50.0 Å². The van der Waals surface area contributed by atoms with Gasteiger partial charge in [0.05, 0.1) is 5.56 Å². The van der Waals surface area contributed by atoms with E-state index in [4.69, 9.17) is 0 Å². The van der Waals surface area contributed by atoms with Gasteiger partial charge in [-0.05, 0) is 28.1 Å². The zero-order valence-corrected chi connectivity index (χ0v) is 14.5. The van der Waals surface area contributed by atoms with Crippen LogP contribution in [0.1, 0.15) is 20.8 Å². The molecule has 0 saturated heterocycles. The van der Waals surface area contributed by atoms with Gasteiger partial charge in [-0.3, -0.25) is 14.9 Å². The number of anilines is 2. The number of amides is 2. The Hall–Kier alpha value is -2.65. The van der Waals surface area contributed by atoms with E-state index in [1.807, 2.05) is 0 Å². The third-order valence-corrected chi connectivity index (χ3v) is 4.30. The Morgan fingerprint density at radius 3 is 2.50 bits per heavy atom. The maximum Gasteiger partial charge on any atom is 0.279 e. The van der Waals surface area contributed by atoms with Gasteiger partial charge in [0.2, 0.25) is 0 Å². The lowest BCUT2D eigenvalue weighted by Gasteiger charge is -2.09. The summed E-state index contributed by atoms with van der Waals surface area (Å²) in [5.74, 6) is -0.820. The summed E-state index contributed by atoms with van der Waals surface area (Å²) in [7, 11) is 0. The van der Waals surface area contributed by atoms with Gasteiger partial charge in [-0.2, -0.15) is 0 Å². The summed E-state index contributed by atoms with van der Waals surface area (Å²) < 4.78 is 0.639. The molecule has 2 amide bonds. The molecule has 1 aromatic carbocycles. The number of hydrogen-bond donors (Lipinski definition) is 2. The van der Waals surface area contributed by atoms with Crippen molar-refractivity contribution in [1.82, 2.24) is 15.0 Å². The largest absolute Gasteiger partial charge is 0.305 e. The topological polar surface area (TPSA) is 96.9 Å². The van der Waals surface area contributed by atoms with Crippen LogP contribution < -0.4 is 10.6 Å². The maximum absolute atomic E-state index is 12.4. The van der Waals surface area contributed by atoms with Gasteiger partial charge in [0.15, 0.2) is 16.6 Å². The van der Waals surface area contributed by atoms with Crippen LogP contribution in [0.3, 0.4) is 0 Å². The van der Waals surface area contributed by atoms with Crippen LogP contribution in [0, 0.1) is 0 Å². The zero-order chi connectivity index (χ0) is 16.9. The molecule has 120 valence electrons. The van der Waals surface area contributed by atoms with E-state index in [1.54, 1.807) is 35.8 Å². The molecular formula is C15H10BrN5O2S. The van der Waals surface area contributed by atoms with Crippen LogP contribution in [0.5, 0.6) is 0 Å². The van der Waals surface area contributed by atoms with Crippen LogP contribution in [0.2, 0.25) is 0 Å². The molecule has 0 aliphatic rings. The van der Waals surface area contributed by atoms with Crippen LogP contribution in [-0.2, 0) is 0 Å². The molecule has 2 N–H and O–H groups in total. The third-order valence-electron chi connectivity index (χ3n) is 2.92. The first-order chi connectivity index (χ1) is 11.6. The van der Waals surface area contributed by atoms with E-state index in [-0.39, 0.29) is 11.5 Å². The summed E-state index contributed by atoms with van der Waals surface area (Å²) in [4.78, 5) is 36.7. The predicted molar refractivity (Wildman–Crippen MR) is 94.2 cm³/mol. The molecule has 0 bridgehead atoms. The quantitative estimate of drug-likeness (QED) is 0.696. The van der Waals surface area contributed by atoms with Crippen molar-refractivity contribution in [2.75, 3.05) is 10.6 Å². The van der Waals surface area contributed by atoms with Crippen LogP contribution in [0.15, 0.2) is 52.7 Å². The monoisotopic (exact) mass is 403 g/mol. The van der Waals surface area contributed by atoms with Crippen molar-refractivity contribution in [2.45, 2.75) is 0 Å². The van der Waals surface area contributed by atoms with Crippen molar-refractivity contribution in [3.63, 3.8) is 0 Å². The van der Waals surface area contributed by atoms with Crippen molar-refractivity contribution in [3.8, 4) is 0 Å². The summed E-state index contributed by atoms with van der Waals surface area (Å²) in [5, 5.41) is 7.39. The second-order valence-electron chi connectivity index (χ2n) is 4.48. The van der Waals surface area contributed by atoms with E-state index in [1.165, 1.54) is 23.7 Å². The normalized spacial score (nSPS) is 10.2. The molecule has 24 heavy (non-hydrogen) atoms. The third kappa shape index (κ3) is 3.63. The average Bonchev–Trinajstić information content (AvgIpc) is 3.08. The fourth-order valence-electron chi connectivity index (χ4n) is 1.86. The standard InChI is InChI=1S/C15H10BrN5O2S/c16-10-4-2-1-3-9(10)13(22)20-12-11(17-5-6-18-12)14(23)21-15-19-7-8-24-15/h1-8H,(H,18,20,22)(H,19,21,23). The Labute approximate surface area is 149 Å². The Balaban J connectivity index is 1.83. The number of benzene rings is 1. The first kappa shape index (κ1) is 16.2. The van der Waals surface area contributed by atoms with Gasteiger partial charge < -0.3 is 5.32 Å². The SMILES string of the molecule is O=C(Nc1nccnc1C(=O)Nc1nccs1)c1ccccc1Br. The molecule has 0 unspecified atom stereocenters. The van der Waals surface area contributed by atoms with Gasteiger partial charge in [0, 0.05) is 28.4 Å². The fraction of sp³-hybridized carbons (Fsp3) is 0. The van der Waals surface area contributed by atoms with Crippen LogP contribution >= 0.6 is 27.3 Å². The average molecular weight is 404 g/mol. The number of thiazole rings is 1. The minimum atomic E-state index is -0.500. The molecule has 0 fully saturated rings. The lowest BCUT2D eigenvalue weighted by Crippen LogP contribution is -2.20. The van der Waals surface area contributed by atoms with Gasteiger partial charge in [-0.25, -0.2) is 15.0 Å². The number of carbonyl (C=O) groups is 2. The van der Waals surface area contributed by atoms with Gasteiger partial charge in [0.25, 0.3) is 11.8 Å². The molecule has 3 aromatic rings. The number of nitrogens with one attached hydrogen (secondary N) is 2. The summed E-state index contributed by atoms with van der Waals surface area (Å²) in [6.07, 6.45) is 4.35. The minimum absolute atomic E-state index is 0.00750. The van der Waals surface area contributed by atoms with Crippen molar-refractivity contribution in [2.24, 2.45) is 0 Å². The second kappa shape index (κ2) is 7.28. The smallest absolute Gasteiger partial charge is 0.279 e. The molecule has 0 radical (unpaired) electrons. The van der Waals surface area contributed by atoms with E-state index in [2.05, 4.69) is 41.5 Å². The minimum Gasteiger partial charge on any atom is -0.305 e. The lowest BCUT2D eigenvalue weighted by atomic mass is 10.2. The van der Waals surface area contributed by atoms with E-state index in [9.17, 15) is 9.59 Å². The molecular weight excluding hydrogens is 394 g/mol. The number of nitrogens with zero attached hydrogens (tertiary/aromatic N) is 3. The molecule has 2 aromatic heterocycles. The predicted octanol–water partition coefficient (Wildman–Crippen LogP) is 3.20. The molecule has 0 atom stereocenters. The highest BCUT2D eigenvalue weighted by Crippen LogP contribution is 2.19. The number of rotatable bonds is 4. The maximum atomic E-state index is 12.4. The number of aromatic nitrogens is 3.